The number of halogens is 1. The van der Waals surface area contributed by atoms with Crippen LogP contribution < -0.4 is 10.2 Å². The van der Waals surface area contributed by atoms with Gasteiger partial charge in [0.15, 0.2) is 5.83 Å². The van der Waals surface area contributed by atoms with E-state index in [0.717, 1.165) is 48.8 Å². The molecule has 2 aromatic heterocycles. The van der Waals surface area contributed by atoms with Crippen LogP contribution in [0.4, 0.5) is 10.2 Å². The molecule has 0 amide bonds. The molecule has 1 N–H and O–H groups in total. The van der Waals surface area contributed by atoms with Crippen LogP contribution in [0, 0.1) is 6.92 Å². The molecular formula is C26H32FN5. The summed E-state index contributed by atoms with van der Waals surface area (Å²) in [6.45, 7) is 12.9. The van der Waals surface area contributed by atoms with Crippen molar-refractivity contribution in [1.82, 2.24) is 20.1 Å². The van der Waals surface area contributed by atoms with Crippen molar-refractivity contribution in [2.45, 2.75) is 39.7 Å². The van der Waals surface area contributed by atoms with Gasteiger partial charge in [-0.25, -0.2) is 9.37 Å². The van der Waals surface area contributed by atoms with Gasteiger partial charge < -0.3 is 10.2 Å². The average molecular weight is 434 g/mol. The van der Waals surface area contributed by atoms with Crippen LogP contribution in [-0.2, 0) is 12.0 Å². The standard InChI is InChI=1S/C26H32FN5/c1-19-15-24(23(27)16-20-5-7-22(8-6-20)26(2,3)4)30-32(19)18-21-9-10-29-25(17-21)31-13-11-28-12-14-31/h5-10,15-17,28H,11-14,18H2,1-4H3/b23-16-. The Morgan fingerprint density at radius 1 is 1.09 bits per heavy atom. The van der Waals surface area contributed by atoms with Crippen LogP contribution in [0.3, 0.4) is 0 Å². The van der Waals surface area contributed by atoms with Crippen molar-refractivity contribution in [3.05, 3.63) is 76.7 Å². The Morgan fingerprint density at radius 2 is 1.81 bits per heavy atom. The Bertz CT molecular complexity index is 1090. The van der Waals surface area contributed by atoms with Gasteiger partial charge in [0.2, 0.25) is 0 Å². The van der Waals surface area contributed by atoms with E-state index < -0.39 is 0 Å². The summed E-state index contributed by atoms with van der Waals surface area (Å²) in [6.07, 6.45) is 3.39. The summed E-state index contributed by atoms with van der Waals surface area (Å²) in [7, 11) is 0. The van der Waals surface area contributed by atoms with Crippen LogP contribution in [0.25, 0.3) is 11.9 Å². The second-order valence-electron chi connectivity index (χ2n) is 9.45. The highest BCUT2D eigenvalue weighted by molar-refractivity contribution is 5.75. The predicted molar refractivity (Wildman–Crippen MR) is 130 cm³/mol. The smallest absolute Gasteiger partial charge is 0.151 e. The largest absolute Gasteiger partial charge is 0.354 e. The summed E-state index contributed by atoms with van der Waals surface area (Å²) in [6, 6.07) is 13.9. The molecule has 1 aliphatic rings. The first-order chi connectivity index (χ1) is 15.3. The number of hydrogen-bond acceptors (Lipinski definition) is 4. The van der Waals surface area contributed by atoms with Gasteiger partial charge in [0.05, 0.1) is 6.54 Å². The summed E-state index contributed by atoms with van der Waals surface area (Å²) < 4.78 is 16.8. The molecule has 0 unspecified atom stereocenters. The lowest BCUT2D eigenvalue weighted by atomic mass is 9.87. The third-order valence-electron chi connectivity index (χ3n) is 5.88. The van der Waals surface area contributed by atoms with Gasteiger partial charge in [0.1, 0.15) is 11.5 Å². The molecule has 1 aliphatic heterocycles. The number of anilines is 1. The SMILES string of the molecule is Cc1cc(/C(F)=C/c2ccc(C(C)(C)C)cc2)nn1Cc1ccnc(N2CCNCC2)c1. The number of aromatic nitrogens is 3. The van der Waals surface area contributed by atoms with E-state index in [1.54, 1.807) is 12.1 Å². The maximum Gasteiger partial charge on any atom is 0.151 e. The molecule has 32 heavy (non-hydrogen) atoms. The molecule has 1 aromatic carbocycles. The van der Waals surface area contributed by atoms with E-state index in [1.807, 2.05) is 36.0 Å². The van der Waals surface area contributed by atoms with Gasteiger partial charge in [-0.15, -0.1) is 0 Å². The van der Waals surface area contributed by atoms with Gasteiger partial charge >= 0.3 is 0 Å². The Hall–Kier alpha value is -2.99. The van der Waals surface area contributed by atoms with Gasteiger partial charge in [0, 0.05) is 38.1 Å². The van der Waals surface area contributed by atoms with E-state index in [0.29, 0.717) is 12.2 Å². The topological polar surface area (TPSA) is 46.0 Å². The fourth-order valence-corrected chi connectivity index (χ4v) is 3.89. The van der Waals surface area contributed by atoms with Crippen LogP contribution in [0.1, 0.15) is 48.8 Å². The summed E-state index contributed by atoms with van der Waals surface area (Å²) in [5, 5.41) is 7.89. The van der Waals surface area contributed by atoms with Crippen molar-refractivity contribution in [1.29, 1.82) is 0 Å². The molecule has 1 fully saturated rings. The Labute approximate surface area is 190 Å². The third kappa shape index (κ3) is 5.25. The van der Waals surface area contributed by atoms with Crippen LogP contribution in [0.5, 0.6) is 0 Å². The summed E-state index contributed by atoms with van der Waals surface area (Å²) >= 11 is 0. The van der Waals surface area contributed by atoms with Gasteiger partial charge in [-0.2, -0.15) is 5.10 Å². The Kier molecular flexibility index (Phi) is 6.42. The predicted octanol–water partition coefficient (Wildman–Crippen LogP) is 4.81. The van der Waals surface area contributed by atoms with Crippen LogP contribution in [-0.4, -0.2) is 40.9 Å². The number of aryl methyl sites for hydroxylation is 1. The molecule has 3 heterocycles. The molecule has 3 aromatic rings. The lowest BCUT2D eigenvalue weighted by molar-refractivity contribution is 0.584. The van der Waals surface area contributed by atoms with E-state index in [2.05, 4.69) is 59.3 Å². The highest BCUT2D eigenvalue weighted by Crippen LogP contribution is 2.25. The number of piperazine rings is 1. The number of pyridine rings is 1. The highest BCUT2D eigenvalue weighted by atomic mass is 19.1. The molecule has 5 nitrogen and oxygen atoms in total. The molecule has 0 radical (unpaired) electrons. The Morgan fingerprint density at radius 3 is 2.50 bits per heavy atom. The van der Waals surface area contributed by atoms with Gasteiger partial charge in [-0.1, -0.05) is 45.0 Å². The minimum absolute atomic E-state index is 0.0778. The van der Waals surface area contributed by atoms with Crippen molar-refractivity contribution < 1.29 is 4.39 Å². The van der Waals surface area contributed by atoms with Crippen molar-refractivity contribution in [2.75, 3.05) is 31.1 Å². The molecule has 0 saturated carbocycles. The molecular weight excluding hydrogens is 401 g/mol. The molecule has 0 spiro atoms. The number of rotatable bonds is 5. The second-order valence-corrected chi connectivity index (χ2v) is 9.45. The second kappa shape index (κ2) is 9.25. The van der Waals surface area contributed by atoms with E-state index in [-0.39, 0.29) is 11.2 Å². The number of hydrogen-bond donors (Lipinski definition) is 1. The van der Waals surface area contributed by atoms with Crippen molar-refractivity contribution in [3.8, 4) is 0 Å². The zero-order chi connectivity index (χ0) is 22.7. The van der Waals surface area contributed by atoms with E-state index >= 15 is 0 Å². The quantitative estimate of drug-likeness (QED) is 0.627. The first-order valence-electron chi connectivity index (χ1n) is 11.2. The fourth-order valence-electron chi connectivity index (χ4n) is 3.89. The normalized spacial score (nSPS) is 15.3. The molecule has 4 rings (SSSR count). The lowest BCUT2D eigenvalue weighted by Gasteiger charge is -2.28. The summed E-state index contributed by atoms with van der Waals surface area (Å²) in [5.41, 5.74) is 4.53. The molecule has 0 bridgehead atoms. The zero-order valence-corrected chi connectivity index (χ0v) is 19.4. The summed E-state index contributed by atoms with van der Waals surface area (Å²) in [4.78, 5) is 6.81. The van der Waals surface area contributed by atoms with E-state index in [9.17, 15) is 4.39 Å². The molecule has 6 heteroatoms. The first kappa shape index (κ1) is 22.2. The fraction of sp³-hybridized carbons (Fsp3) is 0.385. The maximum atomic E-state index is 15.0. The van der Waals surface area contributed by atoms with Crippen molar-refractivity contribution >= 4 is 17.7 Å². The highest BCUT2D eigenvalue weighted by Gasteiger charge is 2.15. The molecule has 0 aliphatic carbocycles. The van der Waals surface area contributed by atoms with Crippen molar-refractivity contribution in [2.24, 2.45) is 0 Å². The number of nitrogens with one attached hydrogen (secondary N) is 1. The van der Waals surface area contributed by atoms with Crippen LogP contribution >= 0.6 is 0 Å². The monoisotopic (exact) mass is 433 g/mol. The number of nitrogens with zero attached hydrogens (tertiary/aromatic N) is 4. The number of benzene rings is 1. The average Bonchev–Trinajstić information content (AvgIpc) is 3.15. The summed E-state index contributed by atoms with van der Waals surface area (Å²) in [5.74, 6) is 0.658. The van der Waals surface area contributed by atoms with Crippen LogP contribution in [0.2, 0.25) is 0 Å². The lowest BCUT2D eigenvalue weighted by Crippen LogP contribution is -2.43. The molecule has 168 valence electrons. The third-order valence-corrected chi connectivity index (χ3v) is 5.88. The molecule has 1 saturated heterocycles. The van der Waals surface area contributed by atoms with Gasteiger partial charge in [-0.3, -0.25) is 4.68 Å². The molecule has 0 atom stereocenters. The van der Waals surface area contributed by atoms with Crippen LogP contribution in [0.15, 0.2) is 48.7 Å². The maximum absolute atomic E-state index is 15.0. The first-order valence-corrected chi connectivity index (χ1v) is 11.2. The zero-order valence-electron chi connectivity index (χ0n) is 19.4. The van der Waals surface area contributed by atoms with Crippen molar-refractivity contribution in [3.63, 3.8) is 0 Å². The van der Waals surface area contributed by atoms with Gasteiger partial charge in [0.25, 0.3) is 0 Å². The minimum atomic E-state index is -0.327. The minimum Gasteiger partial charge on any atom is -0.354 e. The van der Waals surface area contributed by atoms with Gasteiger partial charge in [-0.05, 0) is 53.3 Å². The van der Waals surface area contributed by atoms with E-state index in [1.165, 1.54) is 5.56 Å². The Balaban J connectivity index is 1.50. The van der Waals surface area contributed by atoms with E-state index in [4.69, 9.17) is 0 Å².